The summed E-state index contributed by atoms with van der Waals surface area (Å²) in [5, 5.41) is 26.5. The van der Waals surface area contributed by atoms with Crippen molar-refractivity contribution in [2.75, 3.05) is 23.1 Å². The third-order valence-electron chi connectivity index (χ3n) is 8.36. The second kappa shape index (κ2) is 12.6. The van der Waals surface area contributed by atoms with E-state index in [2.05, 4.69) is 0 Å². The van der Waals surface area contributed by atoms with Crippen LogP contribution in [0, 0.1) is 10.8 Å². The second-order valence-electron chi connectivity index (χ2n) is 11.5. The number of fused-ring (bicyclic) bond motifs is 2. The first-order valence-corrected chi connectivity index (χ1v) is 16.3. The number of carboxylic acids is 1. The molecule has 0 aliphatic carbocycles. The van der Waals surface area contributed by atoms with Gasteiger partial charge >= 0.3 is 5.97 Å². The molecular weight excluding hydrogens is 566 g/mol. The summed E-state index contributed by atoms with van der Waals surface area (Å²) in [6, 6.07) is 16.6. The molecule has 2 aliphatic rings. The zero-order chi connectivity index (χ0) is 30.7. The van der Waals surface area contributed by atoms with Gasteiger partial charge in [-0.2, -0.15) is 0 Å². The van der Waals surface area contributed by atoms with E-state index in [1.807, 2.05) is 53.4 Å². The fourth-order valence-electron chi connectivity index (χ4n) is 6.05. The summed E-state index contributed by atoms with van der Waals surface area (Å²) < 4.78 is 35.6. The van der Waals surface area contributed by atoms with Gasteiger partial charge in [0.15, 0.2) is 0 Å². The lowest BCUT2D eigenvalue weighted by Gasteiger charge is -2.33. The van der Waals surface area contributed by atoms with E-state index < -0.39 is 22.0 Å². The number of piperidine rings is 1. The lowest BCUT2D eigenvalue weighted by atomic mass is 9.98. The summed E-state index contributed by atoms with van der Waals surface area (Å²) in [4.78, 5) is 12.9. The van der Waals surface area contributed by atoms with E-state index in [0.29, 0.717) is 48.5 Å². The van der Waals surface area contributed by atoms with Crippen molar-refractivity contribution in [2.24, 2.45) is 5.73 Å². The van der Waals surface area contributed by atoms with Crippen molar-refractivity contribution in [3.8, 4) is 5.75 Å². The van der Waals surface area contributed by atoms with Gasteiger partial charge in [-0.05, 0) is 72.0 Å². The second-order valence-corrected chi connectivity index (χ2v) is 13.4. The van der Waals surface area contributed by atoms with Gasteiger partial charge in [0, 0.05) is 44.3 Å². The van der Waals surface area contributed by atoms with E-state index in [-0.39, 0.29) is 24.1 Å². The number of nitrogens with two attached hydrogens (primary N) is 1. The number of nitrogens with one attached hydrogen (secondary N) is 2. The Bertz CT molecular complexity index is 1650. The number of sulfonamides is 1. The molecule has 5 rings (SSSR count). The van der Waals surface area contributed by atoms with Crippen LogP contribution in [0.5, 0.6) is 5.75 Å². The zero-order valence-corrected chi connectivity index (χ0v) is 25.2. The number of likely N-dealkylation sites (tertiary alicyclic amines) is 1. The SMILES string of the molecule is CC(=N)N1CCC(Oc2ccc3c(c2)CC(c2ccc4ccc(C(=N)N)cc4c2)N3S(=O)(=O)CCCCCC(=O)O)CC1. The van der Waals surface area contributed by atoms with Crippen molar-refractivity contribution in [2.45, 2.75) is 64.0 Å². The van der Waals surface area contributed by atoms with Crippen molar-refractivity contribution in [1.82, 2.24) is 4.90 Å². The van der Waals surface area contributed by atoms with E-state index in [1.54, 1.807) is 13.0 Å². The molecule has 3 aromatic rings. The van der Waals surface area contributed by atoms with Crippen molar-refractivity contribution < 1.29 is 23.1 Å². The molecule has 1 atom stereocenters. The summed E-state index contributed by atoms with van der Waals surface area (Å²) in [5.74, 6) is 0.290. The molecule has 1 saturated heterocycles. The molecule has 0 spiro atoms. The van der Waals surface area contributed by atoms with Crippen LogP contribution in [0.1, 0.15) is 68.2 Å². The zero-order valence-electron chi connectivity index (χ0n) is 24.4. The minimum Gasteiger partial charge on any atom is -0.490 e. The minimum atomic E-state index is -3.74. The van der Waals surface area contributed by atoms with Crippen LogP contribution in [-0.2, 0) is 21.2 Å². The fourth-order valence-corrected chi connectivity index (χ4v) is 7.87. The van der Waals surface area contributed by atoms with Crippen LogP contribution in [0.15, 0.2) is 54.6 Å². The standard InChI is InChI=1S/C32H39N5O5S/c1-21(33)36-14-12-27(13-15-36)42-28-10-11-29-26(19-28)20-30(37(29)43(40,41)16-4-2-3-5-31(38)39)23-8-6-22-7-9-24(32(34)35)18-25(22)17-23/h6-11,17-19,27,30,33H,2-5,12-16,20H2,1H3,(H3,34,35)(H,38,39). The van der Waals surface area contributed by atoms with Gasteiger partial charge in [0.05, 0.1) is 23.3 Å². The normalized spacial score (nSPS) is 17.2. The molecule has 5 N–H and O–H groups in total. The summed E-state index contributed by atoms with van der Waals surface area (Å²) in [5.41, 5.74) is 8.70. The van der Waals surface area contributed by atoms with Gasteiger partial charge in [-0.3, -0.25) is 19.9 Å². The van der Waals surface area contributed by atoms with Gasteiger partial charge < -0.3 is 20.5 Å². The van der Waals surface area contributed by atoms with Crippen molar-refractivity contribution >= 4 is 44.1 Å². The highest BCUT2D eigenvalue weighted by Gasteiger charge is 2.38. The number of carbonyl (C=O) groups is 1. The molecule has 2 aliphatic heterocycles. The first kappa shape index (κ1) is 30.3. The van der Waals surface area contributed by atoms with Crippen LogP contribution < -0.4 is 14.8 Å². The van der Waals surface area contributed by atoms with Crippen molar-refractivity contribution in [1.29, 1.82) is 10.8 Å². The first-order chi connectivity index (χ1) is 20.5. The number of ether oxygens (including phenoxy) is 1. The Morgan fingerprint density at radius 3 is 2.44 bits per heavy atom. The molecule has 3 aromatic carbocycles. The third-order valence-corrected chi connectivity index (χ3v) is 10.2. The smallest absolute Gasteiger partial charge is 0.303 e. The number of nitrogens with zero attached hydrogens (tertiary/aromatic N) is 2. The van der Waals surface area contributed by atoms with Gasteiger partial charge in [-0.15, -0.1) is 0 Å². The first-order valence-electron chi connectivity index (χ1n) is 14.7. The monoisotopic (exact) mass is 605 g/mol. The number of nitrogen functional groups attached to an aromatic ring is 1. The number of benzene rings is 3. The Hall–Kier alpha value is -4.12. The molecular formula is C32H39N5O5S. The lowest BCUT2D eigenvalue weighted by molar-refractivity contribution is -0.137. The van der Waals surface area contributed by atoms with Crippen LogP contribution in [0.3, 0.4) is 0 Å². The molecule has 0 amide bonds. The number of unbranched alkanes of at least 4 members (excludes halogenated alkanes) is 2. The number of hydrogen-bond donors (Lipinski definition) is 4. The van der Waals surface area contributed by atoms with Gasteiger partial charge in [0.25, 0.3) is 0 Å². The van der Waals surface area contributed by atoms with Crippen LogP contribution >= 0.6 is 0 Å². The molecule has 11 heteroatoms. The van der Waals surface area contributed by atoms with E-state index in [9.17, 15) is 13.2 Å². The summed E-state index contributed by atoms with van der Waals surface area (Å²) >= 11 is 0. The van der Waals surface area contributed by atoms with Crippen LogP contribution in [0.2, 0.25) is 0 Å². The van der Waals surface area contributed by atoms with Gasteiger partial charge in [0.1, 0.15) is 17.7 Å². The van der Waals surface area contributed by atoms with Crippen LogP contribution in [-0.4, -0.2) is 61.0 Å². The van der Waals surface area contributed by atoms with Crippen LogP contribution in [0.4, 0.5) is 5.69 Å². The highest BCUT2D eigenvalue weighted by molar-refractivity contribution is 7.92. The quantitative estimate of drug-likeness (QED) is 0.135. The highest BCUT2D eigenvalue weighted by atomic mass is 32.2. The van der Waals surface area contributed by atoms with E-state index >= 15 is 0 Å². The summed E-state index contributed by atoms with van der Waals surface area (Å²) in [6.45, 7) is 3.35. The van der Waals surface area contributed by atoms with Crippen molar-refractivity contribution in [3.63, 3.8) is 0 Å². The number of rotatable bonds is 11. The third kappa shape index (κ3) is 6.93. The summed E-state index contributed by atoms with van der Waals surface area (Å²) in [7, 11) is -3.74. The average molecular weight is 606 g/mol. The number of hydrogen-bond acceptors (Lipinski definition) is 6. The number of aliphatic carboxylic acids is 1. The Morgan fingerprint density at radius 1 is 1.00 bits per heavy atom. The Balaban J connectivity index is 1.42. The Labute approximate surface area is 252 Å². The maximum Gasteiger partial charge on any atom is 0.303 e. The molecule has 228 valence electrons. The lowest BCUT2D eigenvalue weighted by Crippen LogP contribution is -2.40. The largest absolute Gasteiger partial charge is 0.490 e. The molecule has 43 heavy (non-hydrogen) atoms. The molecule has 2 heterocycles. The predicted octanol–water partition coefficient (Wildman–Crippen LogP) is 5.04. The number of anilines is 1. The molecule has 1 fully saturated rings. The maximum absolute atomic E-state index is 13.9. The summed E-state index contributed by atoms with van der Waals surface area (Å²) in [6.07, 6.45) is 3.51. The molecule has 10 nitrogen and oxygen atoms in total. The Morgan fingerprint density at radius 2 is 1.74 bits per heavy atom. The average Bonchev–Trinajstić information content (AvgIpc) is 3.36. The van der Waals surface area contributed by atoms with Crippen LogP contribution in [0.25, 0.3) is 10.8 Å². The number of amidine groups is 2. The molecule has 0 saturated carbocycles. The fraction of sp³-hybridized carbons (Fsp3) is 0.406. The number of carboxylic acid groups (broad SMARTS) is 1. The molecule has 0 aromatic heterocycles. The van der Waals surface area contributed by atoms with Gasteiger partial charge in [0.2, 0.25) is 10.0 Å². The molecule has 0 radical (unpaired) electrons. The van der Waals surface area contributed by atoms with E-state index in [1.165, 1.54) is 4.31 Å². The topological polar surface area (TPSA) is 161 Å². The van der Waals surface area contributed by atoms with E-state index in [4.69, 9.17) is 26.4 Å². The van der Waals surface area contributed by atoms with E-state index in [0.717, 1.165) is 47.8 Å². The van der Waals surface area contributed by atoms with Gasteiger partial charge in [-0.25, -0.2) is 8.42 Å². The van der Waals surface area contributed by atoms with Gasteiger partial charge in [-0.1, -0.05) is 30.7 Å². The molecule has 0 bridgehead atoms. The molecule has 1 unspecified atom stereocenters. The van der Waals surface area contributed by atoms with Crippen molar-refractivity contribution in [3.05, 3.63) is 71.3 Å². The predicted molar refractivity (Wildman–Crippen MR) is 169 cm³/mol. The minimum absolute atomic E-state index is 0.0251. The highest BCUT2D eigenvalue weighted by Crippen LogP contribution is 2.45. The maximum atomic E-state index is 13.9. The Kier molecular flexibility index (Phi) is 8.91.